The Kier molecular flexibility index (Phi) is 6.37. The van der Waals surface area contributed by atoms with Crippen molar-refractivity contribution in [2.75, 3.05) is 13.7 Å². The highest BCUT2D eigenvalue weighted by atomic mass is 35.5. The van der Waals surface area contributed by atoms with Crippen molar-refractivity contribution < 1.29 is 24.5 Å². The summed E-state index contributed by atoms with van der Waals surface area (Å²) < 4.78 is 7.09. The minimum atomic E-state index is -0.849. The molecule has 0 radical (unpaired) electrons. The molecule has 33 heavy (non-hydrogen) atoms. The summed E-state index contributed by atoms with van der Waals surface area (Å²) in [6.45, 7) is 0.875. The van der Waals surface area contributed by atoms with Crippen molar-refractivity contribution >= 4 is 29.1 Å². The average molecular weight is 468 g/mol. The zero-order valence-electron chi connectivity index (χ0n) is 17.8. The maximum Gasteiger partial charge on any atom is 0.295 e. The number of halogens is 1. The molecule has 0 unspecified atom stereocenters. The number of carbonyl (C=O) groups is 2. The van der Waals surface area contributed by atoms with Gasteiger partial charge in [0.2, 0.25) is 0 Å². The van der Waals surface area contributed by atoms with Crippen LogP contribution in [0.1, 0.15) is 23.6 Å². The molecule has 1 aliphatic heterocycles. The van der Waals surface area contributed by atoms with Gasteiger partial charge in [-0.3, -0.25) is 9.59 Å². The number of Topliss-reactive ketones (excluding diaryl/α,β-unsaturated/α-hetero) is 1. The Labute approximate surface area is 195 Å². The number of aliphatic hydroxyl groups is 1. The predicted molar refractivity (Wildman–Crippen MR) is 122 cm³/mol. The van der Waals surface area contributed by atoms with Crippen LogP contribution in [-0.4, -0.2) is 50.0 Å². The molecular weight excluding hydrogens is 446 g/mol. The third-order valence-corrected chi connectivity index (χ3v) is 5.80. The second kappa shape index (κ2) is 9.38. The summed E-state index contributed by atoms with van der Waals surface area (Å²) in [5, 5.41) is 21.5. The zero-order chi connectivity index (χ0) is 23.5. The van der Waals surface area contributed by atoms with Crippen molar-refractivity contribution in [3.63, 3.8) is 0 Å². The number of hydrogen-bond acceptors (Lipinski definition) is 6. The van der Waals surface area contributed by atoms with Gasteiger partial charge in [0.15, 0.2) is 11.5 Å². The van der Waals surface area contributed by atoms with Crippen molar-refractivity contribution in [2.45, 2.75) is 19.0 Å². The minimum Gasteiger partial charge on any atom is -0.507 e. The van der Waals surface area contributed by atoms with Gasteiger partial charge in [-0.15, -0.1) is 0 Å². The first-order chi connectivity index (χ1) is 15.9. The van der Waals surface area contributed by atoms with Crippen LogP contribution in [0.4, 0.5) is 0 Å². The van der Waals surface area contributed by atoms with E-state index >= 15 is 0 Å². The smallest absolute Gasteiger partial charge is 0.295 e. The fourth-order valence-electron chi connectivity index (χ4n) is 3.93. The maximum absolute atomic E-state index is 13.1. The van der Waals surface area contributed by atoms with Crippen molar-refractivity contribution in [1.82, 2.24) is 14.5 Å². The van der Waals surface area contributed by atoms with E-state index in [9.17, 15) is 19.8 Å². The van der Waals surface area contributed by atoms with Crippen LogP contribution in [0, 0.1) is 0 Å². The summed E-state index contributed by atoms with van der Waals surface area (Å²) in [4.78, 5) is 31.5. The molecule has 2 N–H and O–H groups in total. The Morgan fingerprint density at radius 1 is 1.15 bits per heavy atom. The number of aryl methyl sites for hydroxylation is 1. The summed E-state index contributed by atoms with van der Waals surface area (Å²) in [6.07, 6.45) is 5.73. The van der Waals surface area contributed by atoms with Crippen LogP contribution in [0.25, 0.3) is 5.76 Å². The Bertz CT molecular complexity index is 1210. The second-order valence-electron chi connectivity index (χ2n) is 7.58. The number of carbonyl (C=O) groups excluding carboxylic acids is 2. The molecule has 0 saturated carbocycles. The lowest BCUT2D eigenvalue weighted by molar-refractivity contribution is -0.139. The van der Waals surface area contributed by atoms with Crippen molar-refractivity contribution in [3.8, 4) is 11.5 Å². The zero-order valence-corrected chi connectivity index (χ0v) is 18.6. The summed E-state index contributed by atoms with van der Waals surface area (Å²) in [5.74, 6) is -1.64. The molecule has 8 nitrogen and oxygen atoms in total. The molecule has 3 aromatic rings. The van der Waals surface area contributed by atoms with E-state index in [2.05, 4.69) is 4.98 Å². The van der Waals surface area contributed by atoms with Crippen LogP contribution in [0.15, 0.2) is 66.8 Å². The number of phenols is 1. The first-order valence-electron chi connectivity index (χ1n) is 10.3. The van der Waals surface area contributed by atoms with E-state index in [0.29, 0.717) is 29.1 Å². The van der Waals surface area contributed by atoms with E-state index in [4.69, 9.17) is 16.3 Å². The topological polar surface area (TPSA) is 105 Å². The highest BCUT2D eigenvalue weighted by Crippen LogP contribution is 2.41. The van der Waals surface area contributed by atoms with Gasteiger partial charge < -0.3 is 24.4 Å². The number of ether oxygens (including phenoxy) is 1. The molecule has 2 aromatic carbocycles. The van der Waals surface area contributed by atoms with E-state index in [1.807, 2.05) is 10.8 Å². The summed E-state index contributed by atoms with van der Waals surface area (Å²) in [7, 11) is 1.41. The molecule has 2 heterocycles. The maximum atomic E-state index is 13.1. The molecule has 9 heteroatoms. The number of aromatic hydroxyl groups is 1. The molecule has 0 spiro atoms. The number of ketones is 1. The number of phenolic OH excluding ortho intramolecular Hbond substituents is 1. The van der Waals surface area contributed by atoms with Gasteiger partial charge in [0.25, 0.3) is 11.7 Å². The normalized spacial score (nSPS) is 17.5. The van der Waals surface area contributed by atoms with Crippen LogP contribution in [0.2, 0.25) is 5.02 Å². The minimum absolute atomic E-state index is 0.0299. The number of nitrogens with zero attached hydrogens (tertiary/aromatic N) is 3. The van der Waals surface area contributed by atoms with Gasteiger partial charge in [-0.1, -0.05) is 17.7 Å². The van der Waals surface area contributed by atoms with Gasteiger partial charge in [-0.25, -0.2) is 4.98 Å². The first kappa shape index (κ1) is 22.4. The number of benzene rings is 2. The standard InChI is InChI=1S/C24H22ClN3O5/c1-33-19-13-16(5-8-18(19)29)21-20(22(30)15-3-6-17(25)7-4-15)23(31)24(32)28(21)11-2-10-27-12-9-26-14-27/h3-9,12-14,21,29-30H,2,10-11H2,1H3/t21-/m1/s1. The molecular formula is C24H22ClN3O5. The average Bonchev–Trinajstić information content (AvgIpc) is 3.42. The van der Waals surface area contributed by atoms with E-state index in [0.717, 1.165) is 0 Å². The lowest BCUT2D eigenvalue weighted by atomic mass is 9.95. The van der Waals surface area contributed by atoms with E-state index in [-0.39, 0.29) is 29.4 Å². The van der Waals surface area contributed by atoms with Gasteiger partial charge in [-0.05, 0) is 48.4 Å². The van der Waals surface area contributed by atoms with Crippen LogP contribution < -0.4 is 4.74 Å². The van der Waals surface area contributed by atoms with Crippen LogP contribution in [-0.2, 0) is 16.1 Å². The Hall–Kier alpha value is -3.78. The van der Waals surface area contributed by atoms with Crippen LogP contribution >= 0.6 is 11.6 Å². The highest BCUT2D eigenvalue weighted by molar-refractivity contribution is 6.46. The predicted octanol–water partition coefficient (Wildman–Crippen LogP) is 3.76. The monoisotopic (exact) mass is 467 g/mol. The van der Waals surface area contributed by atoms with Crippen molar-refractivity contribution in [3.05, 3.63) is 82.9 Å². The number of hydrogen-bond donors (Lipinski definition) is 2. The lowest BCUT2D eigenvalue weighted by Gasteiger charge is -2.26. The number of aromatic nitrogens is 2. The molecule has 1 fully saturated rings. The molecule has 0 bridgehead atoms. The number of imidazole rings is 1. The molecule has 170 valence electrons. The summed E-state index contributed by atoms with van der Waals surface area (Å²) in [6, 6.07) is 10.1. The Morgan fingerprint density at radius 3 is 2.58 bits per heavy atom. The molecule has 1 aromatic heterocycles. The lowest BCUT2D eigenvalue weighted by Crippen LogP contribution is -2.31. The van der Waals surface area contributed by atoms with E-state index < -0.39 is 17.7 Å². The number of amides is 1. The Morgan fingerprint density at radius 2 is 1.91 bits per heavy atom. The highest BCUT2D eigenvalue weighted by Gasteiger charge is 2.46. The summed E-state index contributed by atoms with van der Waals surface area (Å²) in [5.41, 5.74) is 0.867. The number of likely N-dealkylation sites (tertiary alicyclic amines) is 1. The summed E-state index contributed by atoms with van der Waals surface area (Å²) >= 11 is 5.95. The van der Waals surface area contributed by atoms with E-state index in [1.54, 1.807) is 48.9 Å². The molecule has 0 aliphatic carbocycles. The third-order valence-electron chi connectivity index (χ3n) is 5.55. The molecule has 1 amide bonds. The second-order valence-corrected chi connectivity index (χ2v) is 8.02. The molecule has 1 aliphatic rings. The molecule has 1 saturated heterocycles. The van der Waals surface area contributed by atoms with Gasteiger partial charge in [0.05, 0.1) is 25.1 Å². The van der Waals surface area contributed by atoms with Crippen molar-refractivity contribution in [2.24, 2.45) is 0 Å². The van der Waals surface area contributed by atoms with Gasteiger partial charge in [0.1, 0.15) is 5.76 Å². The largest absolute Gasteiger partial charge is 0.507 e. The first-order valence-corrected chi connectivity index (χ1v) is 10.7. The molecule has 1 atom stereocenters. The van der Waals surface area contributed by atoms with Gasteiger partial charge in [-0.2, -0.15) is 0 Å². The fourth-order valence-corrected chi connectivity index (χ4v) is 4.05. The number of aliphatic hydroxyl groups excluding tert-OH is 1. The Balaban J connectivity index is 1.76. The van der Waals surface area contributed by atoms with Gasteiger partial charge >= 0.3 is 0 Å². The SMILES string of the molecule is COc1cc([C@@H]2C(=C(O)c3ccc(Cl)cc3)C(=O)C(=O)N2CCCn2ccnc2)ccc1O. The van der Waals surface area contributed by atoms with E-state index in [1.165, 1.54) is 18.1 Å². The van der Waals surface area contributed by atoms with Crippen molar-refractivity contribution in [1.29, 1.82) is 0 Å². The number of rotatable bonds is 7. The van der Waals surface area contributed by atoms with Gasteiger partial charge in [0, 0.05) is 36.1 Å². The molecule has 4 rings (SSSR count). The number of methoxy groups -OCH3 is 1. The quantitative estimate of drug-likeness (QED) is 0.311. The fraction of sp³-hybridized carbons (Fsp3) is 0.208. The third kappa shape index (κ3) is 4.42. The van der Waals surface area contributed by atoms with Crippen LogP contribution in [0.5, 0.6) is 11.5 Å². The van der Waals surface area contributed by atoms with Crippen LogP contribution in [0.3, 0.4) is 0 Å².